The summed E-state index contributed by atoms with van der Waals surface area (Å²) < 4.78 is 0. The summed E-state index contributed by atoms with van der Waals surface area (Å²) in [6.45, 7) is 2.08. The van der Waals surface area contributed by atoms with Crippen LogP contribution in [0.5, 0.6) is 0 Å². The van der Waals surface area contributed by atoms with Crippen LogP contribution in [0.2, 0.25) is 0 Å². The number of halogens is 1. The summed E-state index contributed by atoms with van der Waals surface area (Å²) in [5, 5.41) is 4.00. The predicted molar refractivity (Wildman–Crippen MR) is 114 cm³/mol. The molecule has 136 valence electrons. The van der Waals surface area contributed by atoms with Gasteiger partial charge in [0.2, 0.25) is 0 Å². The highest BCUT2D eigenvalue weighted by molar-refractivity contribution is 7.21. The van der Waals surface area contributed by atoms with Crippen LogP contribution in [0.1, 0.15) is 11.1 Å². The Morgan fingerprint density at radius 2 is 1.89 bits per heavy atom. The lowest BCUT2D eigenvalue weighted by atomic mass is 10.2. The summed E-state index contributed by atoms with van der Waals surface area (Å²) in [7, 11) is 2.01. The largest absolute Gasteiger partial charge is 0.329 e. The fourth-order valence-electron chi connectivity index (χ4n) is 2.68. The van der Waals surface area contributed by atoms with Gasteiger partial charge in [0, 0.05) is 24.8 Å². The Morgan fingerprint density at radius 1 is 1.07 bits per heavy atom. The SMILES string of the molecule is Cc1ccc(N(C)c2ccc3nc(Nc4cc(CCl)ccn4)sc3n2)cc1. The minimum absolute atomic E-state index is 0.452. The van der Waals surface area contributed by atoms with E-state index in [2.05, 4.69) is 51.4 Å². The molecule has 1 N–H and O–H groups in total. The Balaban J connectivity index is 1.60. The van der Waals surface area contributed by atoms with E-state index in [4.69, 9.17) is 16.6 Å². The topological polar surface area (TPSA) is 53.9 Å². The molecule has 27 heavy (non-hydrogen) atoms. The van der Waals surface area contributed by atoms with Crippen molar-refractivity contribution in [2.24, 2.45) is 0 Å². The van der Waals surface area contributed by atoms with E-state index in [0.29, 0.717) is 5.88 Å². The number of pyridine rings is 2. The summed E-state index contributed by atoms with van der Waals surface area (Å²) in [6.07, 6.45) is 1.74. The van der Waals surface area contributed by atoms with Gasteiger partial charge in [0.15, 0.2) is 5.13 Å². The molecule has 4 rings (SSSR count). The van der Waals surface area contributed by atoms with Gasteiger partial charge in [0.25, 0.3) is 0 Å². The third kappa shape index (κ3) is 3.86. The van der Waals surface area contributed by atoms with E-state index in [1.54, 1.807) is 6.20 Å². The molecule has 0 saturated heterocycles. The van der Waals surface area contributed by atoms with Crippen molar-refractivity contribution >= 4 is 55.7 Å². The molecule has 0 aliphatic carbocycles. The highest BCUT2D eigenvalue weighted by Crippen LogP contribution is 2.30. The first-order valence-corrected chi connectivity index (χ1v) is 9.83. The average molecular weight is 396 g/mol. The second-order valence-electron chi connectivity index (χ2n) is 6.22. The number of aromatic nitrogens is 3. The van der Waals surface area contributed by atoms with Gasteiger partial charge in [-0.2, -0.15) is 0 Å². The molecule has 0 spiro atoms. The summed E-state index contributed by atoms with van der Waals surface area (Å²) in [4.78, 5) is 16.6. The van der Waals surface area contributed by atoms with Crippen LogP contribution in [0.25, 0.3) is 10.3 Å². The van der Waals surface area contributed by atoms with Crippen LogP contribution in [0, 0.1) is 6.92 Å². The number of hydrogen-bond donors (Lipinski definition) is 1. The quantitative estimate of drug-likeness (QED) is 0.443. The molecule has 5 nitrogen and oxygen atoms in total. The maximum Gasteiger partial charge on any atom is 0.190 e. The zero-order valence-electron chi connectivity index (χ0n) is 15.0. The van der Waals surface area contributed by atoms with Crippen LogP contribution in [0.3, 0.4) is 0 Å². The highest BCUT2D eigenvalue weighted by Gasteiger charge is 2.10. The van der Waals surface area contributed by atoms with Crippen LogP contribution >= 0.6 is 22.9 Å². The number of nitrogens with one attached hydrogen (secondary N) is 1. The van der Waals surface area contributed by atoms with Crippen LogP contribution < -0.4 is 10.2 Å². The van der Waals surface area contributed by atoms with Crippen LogP contribution in [0.15, 0.2) is 54.7 Å². The summed E-state index contributed by atoms with van der Waals surface area (Å²) >= 11 is 7.39. The molecule has 0 bridgehead atoms. The Morgan fingerprint density at radius 3 is 2.67 bits per heavy atom. The lowest BCUT2D eigenvalue weighted by Gasteiger charge is -2.18. The van der Waals surface area contributed by atoms with Crippen molar-refractivity contribution in [2.75, 3.05) is 17.3 Å². The van der Waals surface area contributed by atoms with Gasteiger partial charge in [-0.3, -0.25) is 0 Å². The first-order valence-electron chi connectivity index (χ1n) is 8.48. The zero-order chi connectivity index (χ0) is 18.8. The molecule has 1 aromatic carbocycles. The van der Waals surface area contributed by atoms with Gasteiger partial charge in [0.05, 0.1) is 0 Å². The maximum absolute atomic E-state index is 5.89. The van der Waals surface area contributed by atoms with Gasteiger partial charge >= 0.3 is 0 Å². The number of aryl methyl sites for hydroxylation is 1. The fourth-order valence-corrected chi connectivity index (χ4v) is 3.69. The van der Waals surface area contributed by atoms with Crippen molar-refractivity contribution in [1.82, 2.24) is 15.0 Å². The number of alkyl halides is 1. The molecule has 4 aromatic rings. The molecule has 3 heterocycles. The molecule has 0 unspecified atom stereocenters. The van der Waals surface area contributed by atoms with Gasteiger partial charge in [0.1, 0.15) is 22.0 Å². The maximum atomic E-state index is 5.89. The van der Waals surface area contributed by atoms with Crippen molar-refractivity contribution in [1.29, 1.82) is 0 Å². The monoisotopic (exact) mass is 395 g/mol. The molecule has 0 aliphatic rings. The second kappa shape index (κ2) is 7.50. The van der Waals surface area contributed by atoms with Crippen molar-refractivity contribution < 1.29 is 0 Å². The minimum Gasteiger partial charge on any atom is -0.329 e. The molecule has 7 heteroatoms. The Bertz CT molecular complexity index is 1080. The molecule has 0 amide bonds. The molecule has 3 aromatic heterocycles. The lowest BCUT2D eigenvalue weighted by Crippen LogP contribution is -2.10. The predicted octanol–water partition coefficient (Wildman–Crippen LogP) is 5.65. The van der Waals surface area contributed by atoms with Gasteiger partial charge < -0.3 is 10.2 Å². The molecule has 0 saturated carbocycles. The van der Waals surface area contributed by atoms with Gasteiger partial charge in [-0.15, -0.1) is 11.6 Å². The van der Waals surface area contributed by atoms with E-state index < -0.39 is 0 Å². The van der Waals surface area contributed by atoms with Crippen LogP contribution in [-0.2, 0) is 5.88 Å². The lowest BCUT2D eigenvalue weighted by molar-refractivity contribution is 1.15. The molecule has 0 atom stereocenters. The molecule has 0 radical (unpaired) electrons. The first-order chi connectivity index (χ1) is 13.1. The standard InChI is InChI=1S/C20H18ClN5S/c1-13-3-5-15(6-4-13)26(2)18-8-7-16-19(25-18)27-20(23-16)24-17-11-14(12-21)9-10-22-17/h3-11H,12H2,1-2H3,(H,22,23,24). The van der Waals surface area contributed by atoms with E-state index >= 15 is 0 Å². The van der Waals surface area contributed by atoms with Gasteiger partial charge in [-0.25, -0.2) is 15.0 Å². The Hall–Kier alpha value is -2.70. The zero-order valence-corrected chi connectivity index (χ0v) is 16.6. The number of thiazole rings is 1. The number of rotatable bonds is 5. The summed E-state index contributed by atoms with van der Waals surface area (Å²) in [5.74, 6) is 2.06. The molecular weight excluding hydrogens is 378 g/mol. The molecule has 0 fully saturated rings. The number of anilines is 4. The van der Waals surface area contributed by atoms with Crippen molar-refractivity contribution in [3.63, 3.8) is 0 Å². The summed E-state index contributed by atoms with van der Waals surface area (Å²) in [6, 6.07) is 16.2. The van der Waals surface area contributed by atoms with E-state index in [9.17, 15) is 0 Å². The van der Waals surface area contributed by atoms with E-state index in [0.717, 1.165) is 38.4 Å². The van der Waals surface area contributed by atoms with Crippen LogP contribution in [0.4, 0.5) is 22.5 Å². The molecule has 0 aliphatic heterocycles. The van der Waals surface area contributed by atoms with Crippen molar-refractivity contribution in [3.05, 3.63) is 65.9 Å². The number of fused-ring (bicyclic) bond motifs is 1. The summed E-state index contributed by atoms with van der Waals surface area (Å²) in [5.41, 5.74) is 4.20. The number of benzene rings is 1. The van der Waals surface area contributed by atoms with Crippen molar-refractivity contribution in [3.8, 4) is 0 Å². The number of hydrogen-bond acceptors (Lipinski definition) is 6. The third-order valence-corrected chi connectivity index (χ3v) is 5.41. The van der Waals surface area contributed by atoms with E-state index in [1.165, 1.54) is 16.9 Å². The second-order valence-corrected chi connectivity index (χ2v) is 7.46. The normalized spacial score (nSPS) is 10.9. The van der Waals surface area contributed by atoms with Gasteiger partial charge in [-0.05, 0) is 48.9 Å². The minimum atomic E-state index is 0.452. The van der Waals surface area contributed by atoms with Gasteiger partial charge in [-0.1, -0.05) is 29.0 Å². The molecular formula is C20H18ClN5S. The van der Waals surface area contributed by atoms with Crippen molar-refractivity contribution in [2.45, 2.75) is 12.8 Å². The average Bonchev–Trinajstić information content (AvgIpc) is 3.09. The smallest absolute Gasteiger partial charge is 0.190 e. The third-order valence-electron chi connectivity index (χ3n) is 4.22. The first kappa shape index (κ1) is 17.7. The van der Waals surface area contributed by atoms with Crippen LogP contribution in [-0.4, -0.2) is 22.0 Å². The Labute approximate surface area is 166 Å². The highest BCUT2D eigenvalue weighted by atomic mass is 35.5. The Kier molecular flexibility index (Phi) is 4.92. The number of nitrogens with zero attached hydrogens (tertiary/aromatic N) is 4. The fraction of sp³-hybridized carbons (Fsp3) is 0.150. The van der Waals surface area contributed by atoms with E-state index in [1.807, 2.05) is 31.3 Å². The van der Waals surface area contributed by atoms with E-state index in [-0.39, 0.29) is 0 Å².